The van der Waals surface area contributed by atoms with Gasteiger partial charge in [-0.05, 0) is 95.3 Å². The predicted octanol–water partition coefficient (Wildman–Crippen LogP) is 7.32. The predicted molar refractivity (Wildman–Crippen MR) is 283 cm³/mol. The van der Waals surface area contributed by atoms with Crippen LogP contribution in [0.3, 0.4) is 0 Å². The van der Waals surface area contributed by atoms with Crippen molar-refractivity contribution in [1.29, 1.82) is 0 Å². The number of likely N-dealkylation sites (tertiary alicyclic amines) is 1. The minimum atomic E-state index is -4.59. The van der Waals surface area contributed by atoms with Crippen LogP contribution in [0.25, 0.3) is 33.4 Å². The molecule has 7 heterocycles. The molecule has 2 saturated heterocycles. The summed E-state index contributed by atoms with van der Waals surface area (Å²) in [5, 5.41) is 7.48. The normalized spacial score (nSPS) is 23.5. The molecule has 4 aromatic rings. The van der Waals surface area contributed by atoms with Gasteiger partial charge in [-0.15, -0.1) is 11.3 Å². The average Bonchev–Trinajstić information content (AvgIpc) is 3.52. The van der Waals surface area contributed by atoms with Gasteiger partial charge in [-0.25, -0.2) is 15.4 Å². The van der Waals surface area contributed by atoms with Crippen LogP contribution in [0.5, 0.6) is 5.88 Å². The summed E-state index contributed by atoms with van der Waals surface area (Å²) in [7, 11) is 3.64. The molecular weight excluding hydrogens is 996 g/mol. The molecule has 5 aliphatic rings. The molecule has 1 aromatic carbocycles. The highest BCUT2D eigenvalue weighted by molar-refractivity contribution is 7.60. The number of halogens is 3. The Morgan fingerprint density at radius 1 is 1.04 bits per heavy atom. The summed E-state index contributed by atoms with van der Waals surface area (Å²) in [5.74, 6) is -0.546. The van der Waals surface area contributed by atoms with E-state index in [2.05, 4.69) is 22.7 Å². The number of carbonyl (C=O) groups excluding carboxylic acids is 3. The minimum Gasteiger partial charge on any atom is -0.476 e. The van der Waals surface area contributed by atoms with E-state index in [1.54, 1.807) is 19.2 Å². The Balaban J connectivity index is 0.00000202. The maximum absolute atomic E-state index is 15.0. The first-order valence-corrected chi connectivity index (χ1v) is 22.9. The van der Waals surface area contributed by atoms with Crippen molar-refractivity contribution in [3.63, 3.8) is 0 Å². The van der Waals surface area contributed by atoms with Gasteiger partial charge in [0.1, 0.15) is 18.6 Å². The highest BCUT2D eigenvalue weighted by Crippen LogP contribution is 2.50. The van der Waals surface area contributed by atoms with Gasteiger partial charge in [0.05, 0.1) is 41.4 Å². The van der Waals surface area contributed by atoms with Crippen LogP contribution in [0.4, 0.5) is 13.2 Å². The molecular formula is C46H66F3N7O6S6. The van der Waals surface area contributed by atoms with Gasteiger partial charge in [-0.1, -0.05) is 26.8 Å². The number of amides is 2. The zero-order valence-electron chi connectivity index (χ0n) is 39.2. The summed E-state index contributed by atoms with van der Waals surface area (Å²) >= 11 is 1.35. The quantitative estimate of drug-likeness (QED) is 0.189. The number of carbonyl (C=O) groups is 3. The highest BCUT2D eigenvalue weighted by Gasteiger charge is 2.46. The number of rotatable bonds is 6. The second-order valence-electron chi connectivity index (χ2n) is 19.3. The number of nitrogens with one attached hydrogen (secondary N) is 2. The average molecular weight is 1060 g/mol. The molecule has 0 radical (unpaired) electrons. The summed E-state index contributed by atoms with van der Waals surface area (Å²) in [6.45, 7) is 8.87. The van der Waals surface area contributed by atoms with Crippen LogP contribution >= 0.6 is 78.8 Å². The zero-order valence-corrected chi connectivity index (χ0v) is 45.0. The van der Waals surface area contributed by atoms with E-state index in [0.29, 0.717) is 81.6 Å². The number of pyridine rings is 1. The first-order valence-electron chi connectivity index (χ1n) is 22.0. The Kier molecular flexibility index (Phi) is 18.9. The fraction of sp³-hybridized carbons (Fsp3) is 0.587. The van der Waals surface area contributed by atoms with Crippen LogP contribution in [0.1, 0.15) is 87.7 Å². The number of alkyl halides is 3. The number of hydrogen-bond donors (Lipinski definition) is 2. The van der Waals surface area contributed by atoms with Crippen LogP contribution in [0.2, 0.25) is 0 Å². The lowest BCUT2D eigenvalue weighted by Crippen LogP contribution is -2.60. The van der Waals surface area contributed by atoms with E-state index in [1.165, 1.54) is 20.9 Å². The van der Waals surface area contributed by atoms with E-state index in [-0.39, 0.29) is 116 Å². The second-order valence-corrected chi connectivity index (χ2v) is 20.2. The van der Waals surface area contributed by atoms with E-state index in [9.17, 15) is 27.6 Å². The third-order valence-electron chi connectivity index (χ3n) is 13.8. The standard InChI is InChI=1S/C46H56F3N7O6S.5H2S/c1-25-16-28(25)40(57)51-34-19-37-50-35(21-63-37)27-9-10-36-29(17-27)31(20-44(3,4)23-62-43(59)33-8-7-13-56(53-33)42(34)58)39(55(36)22-46(47,48)49)30-18-32-41(52-38(30)26(2)60-6)61-24-45(32)11-14-54(5)15-12-45;;;;;/h9-10,17-18,21,25-26,28,33-34,53H,7-8,11-16,19-20,22-24H2,1-6H3,(H,51,57);5*1H2/t25-,26-,28-,33-,34-;;;;;/m0...../s1. The van der Waals surface area contributed by atoms with Crippen molar-refractivity contribution in [3.05, 3.63) is 51.5 Å². The topological polar surface area (TPSA) is 140 Å². The van der Waals surface area contributed by atoms with Crippen molar-refractivity contribution in [2.45, 2.75) is 109 Å². The first-order chi connectivity index (χ1) is 29.9. The number of nitrogens with zero attached hydrogens (tertiary/aromatic N) is 5. The molecule has 68 heavy (non-hydrogen) atoms. The van der Waals surface area contributed by atoms with Gasteiger partial charge in [0.2, 0.25) is 11.8 Å². The molecule has 1 saturated carbocycles. The number of methoxy groups -OCH3 is 1. The molecule has 378 valence electrons. The minimum absolute atomic E-state index is 0. The number of hydrazine groups is 1. The molecule has 3 fully saturated rings. The summed E-state index contributed by atoms with van der Waals surface area (Å²) in [6, 6.07) is 5.65. The number of hydrogen-bond acceptors (Lipinski definition) is 11. The number of benzene rings is 1. The lowest BCUT2D eigenvalue weighted by Gasteiger charge is -2.36. The van der Waals surface area contributed by atoms with Crippen LogP contribution in [0, 0.1) is 17.3 Å². The zero-order chi connectivity index (χ0) is 44.6. The number of piperidine rings is 1. The van der Waals surface area contributed by atoms with Crippen molar-refractivity contribution in [2.24, 2.45) is 17.3 Å². The maximum Gasteiger partial charge on any atom is 0.406 e. The SMILES string of the molecule is CO[C@@H](C)c1nc2c(cc1-c1c3c4cc(ccc4n1CC(F)(F)F)-c1csc(n1)C[C@H](NC(=O)[C@H]1C[C@@H]1C)C(=O)N1CCC[C@H](N1)C(=O)OCC(C)(C)C3)C1(CCN(C)CC1)CO2.S.S.S.S.S. The van der Waals surface area contributed by atoms with Gasteiger partial charge in [0.25, 0.3) is 5.91 Å². The molecule has 3 aromatic heterocycles. The molecule has 4 aliphatic heterocycles. The summed E-state index contributed by atoms with van der Waals surface area (Å²) in [4.78, 5) is 53.5. The van der Waals surface area contributed by atoms with Gasteiger partial charge in [-0.2, -0.15) is 80.6 Å². The van der Waals surface area contributed by atoms with E-state index in [0.717, 1.165) is 37.9 Å². The number of thiazole rings is 1. The van der Waals surface area contributed by atoms with Gasteiger partial charge < -0.3 is 29.0 Å². The van der Waals surface area contributed by atoms with Gasteiger partial charge in [-0.3, -0.25) is 19.4 Å². The smallest absolute Gasteiger partial charge is 0.406 e. The third-order valence-corrected chi connectivity index (χ3v) is 14.7. The largest absolute Gasteiger partial charge is 0.476 e. The number of cyclic esters (lactones) is 1. The molecule has 0 unspecified atom stereocenters. The van der Waals surface area contributed by atoms with Gasteiger partial charge in [0.15, 0.2) is 0 Å². The van der Waals surface area contributed by atoms with Crippen molar-refractivity contribution in [2.75, 3.05) is 47.0 Å². The van der Waals surface area contributed by atoms with E-state index in [4.69, 9.17) is 24.2 Å². The number of ether oxygens (including phenoxy) is 3. The first kappa shape index (κ1) is 57.7. The van der Waals surface area contributed by atoms with E-state index >= 15 is 0 Å². The molecule has 9 rings (SSSR count). The van der Waals surface area contributed by atoms with E-state index in [1.807, 2.05) is 45.2 Å². The molecule has 2 amide bonds. The molecule has 22 heteroatoms. The Morgan fingerprint density at radius 2 is 1.75 bits per heavy atom. The highest BCUT2D eigenvalue weighted by atomic mass is 32.1. The van der Waals surface area contributed by atoms with Crippen molar-refractivity contribution < 1.29 is 41.8 Å². The molecule has 1 aliphatic carbocycles. The molecule has 2 N–H and O–H groups in total. The number of aromatic nitrogens is 3. The Bertz CT molecular complexity index is 2460. The van der Waals surface area contributed by atoms with Crippen LogP contribution in [-0.4, -0.2) is 107 Å². The Labute approximate surface area is 435 Å². The van der Waals surface area contributed by atoms with Gasteiger partial charge >= 0.3 is 12.1 Å². The number of esters is 1. The fourth-order valence-corrected chi connectivity index (χ4v) is 10.7. The van der Waals surface area contributed by atoms with Crippen molar-refractivity contribution in [3.8, 4) is 28.4 Å². The molecule has 13 nitrogen and oxygen atoms in total. The van der Waals surface area contributed by atoms with Crippen LogP contribution in [0.15, 0.2) is 29.6 Å². The van der Waals surface area contributed by atoms with Crippen molar-refractivity contribution >= 4 is 108 Å². The molecule has 1 spiro atoms. The van der Waals surface area contributed by atoms with Crippen molar-refractivity contribution in [1.82, 2.24) is 35.2 Å². The molecule has 6 bridgehead atoms. The van der Waals surface area contributed by atoms with Crippen LogP contribution < -0.4 is 15.5 Å². The van der Waals surface area contributed by atoms with E-state index < -0.39 is 42.3 Å². The van der Waals surface area contributed by atoms with Crippen LogP contribution in [-0.2, 0) is 48.7 Å². The maximum atomic E-state index is 15.0. The Morgan fingerprint density at radius 3 is 2.41 bits per heavy atom. The summed E-state index contributed by atoms with van der Waals surface area (Å²) < 4.78 is 64.5. The third kappa shape index (κ3) is 11.6. The molecule has 5 atom stereocenters. The second kappa shape index (κ2) is 22.3. The lowest BCUT2D eigenvalue weighted by molar-refractivity contribution is -0.155. The fourth-order valence-electron chi connectivity index (χ4n) is 9.85. The summed E-state index contributed by atoms with van der Waals surface area (Å²) in [5.41, 5.74) is 6.57. The monoisotopic (exact) mass is 1060 g/mol. The lowest BCUT2D eigenvalue weighted by atomic mass is 9.74. The number of fused-ring (bicyclic) bond motifs is 8. The Hall–Kier alpha value is -2.83. The summed E-state index contributed by atoms with van der Waals surface area (Å²) in [6.07, 6.45) is -1.48. The van der Waals surface area contributed by atoms with Gasteiger partial charge in [0, 0.05) is 69.8 Å².